The summed E-state index contributed by atoms with van der Waals surface area (Å²) in [6.07, 6.45) is -2.68. The number of anilines is 1. The molecular weight excluding hydrogens is 267 g/mol. The SMILES string of the molecule is OCc1ccc(N(CC(F)(F)F)C2CC2)cc1Cl. The van der Waals surface area contributed by atoms with Crippen LogP contribution >= 0.6 is 11.6 Å². The van der Waals surface area contributed by atoms with Gasteiger partial charge in [0.2, 0.25) is 0 Å². The number of rotatable bonds is 4. The Kier molecular flexibility index (Phi) is 3.73. The van der Waals surface area contributed by atoms with E-state index in [0.29, 0.717) is 16.3 Å². The van der Waals surface area contributed by atoms with Gasteiger partial charge in [0.1, 0.15) is 6.54 Å². The number of aliphatic hydroxyl groups is 1. The van der Waals surface area contributed by atoms with Crippen LogP contribution in [0.25, 0.3) is 0 Å². The van der Waals surface area contributed by atoms with Crippen LogP contribution in [0.1, 0.15) is 18.4 Å². The quantitative estimate of drug-likeness (QED) is 0.913. The van der Waals surface area contributed by atoms with E-state index in [9.17, 15) is 13.2 Å². The average Bonchev–Trinajstić information content (AvgIpc) is 3.08. The van der Waals surface area contributed by atoms with Gasteiger partial charge in [-0.25, -0.2) is 0 Å². The Labute approximate surface area is 108 Å². The Morgan fingerprint density at radius 3 is 2.44 bits per heavy atom. The molecule has 1 N–H and O–H groups in total. The molecule has 0 radical (unpaired) electrons. The molecule has 2 nitrogen and oxygen atoms in total. The van der Waals surface area contributed by atoms with Crippen LogP contribution in [0.2, 0.25) is 5.02 Å². The van der Waals surface area contributed by atoms with E-state index in [0.717, 1.165) is 12.8 Å². The minimum Gasteiger partial charge on any atom is -0.392 e. The molecule has 0 unspecified atom stereocenters. The summed E-state index contributed by atoms with van der Waals surface area (Å²) in [7, 11) is 0. The van der Waals surface area contributed by atoms with E-state index < -0.39 is 12.7 Å². The van der Waals surface area contributed by atoms with Crippen molar-refractivity contribution in [3.8, 4) is 0 Å². The van der Waals surface area contributed by atoms with E-state index in [1.807, 2.05) is 0 Å². The highest BCUT2D eigenvalue weighted by Gasteiger charge is 2.38. The summed E-state index contributed by atoms with van der Waals surface area (Å²) < 4.78 is 37.5. The second-order valence-electron chi connectivity index (χ2n) is 4.41. The lowest BCUT2D eigenvalue weighted by molar-refractivity contribution is -0.120. The smallest absolute Gasteiger partial charge is 0.392 e. The number of benzene rings is 1. The Bertz CT molecular complexity index is 432. The number of halogens is 4. The zero-order valence-electron chi connectivity index (χ0n) is 9.54. The largest absolute Gasteiger partial charge is 0.405 e. The lowest BCUT2D eigenvalue weighted by Gasteiger charge is -2.26. The van der Waals surface area contributed by atoms with Crippen molar-refractivity contribution < 1.29 is 18.3 Å². The first kappa shape index (κ1) is 13.5. The van der Waals surface area contributed by atoms with Crippen LogP contribution in [-0.2, 0) is 6.61 Å². The molecule has 1 aromatic carbocycles. The number of alkyl halides is 3. The first-order chi connectivity index (χ1) is 8.40. The van der Waals surface area contributed by atoms with E-state index >= 15 is 0 Å². The molecule has 0 aliphatic heterocycles. The summed E-state index contributed by atoms with van der Waals surface area (Å²) in [5.41, 5.74) is 0.972. The number of hydrogen-bond acceptors (Lipinski definition) is 2. The first-order valence-corrected chi connectivity index (χ1v) is 6.01. The van der Waals surface area contributed by atoms with Crippen molar-refractivity contribution in [2.75, 3.05) is 11.4 Å². The van der Waals surface area contributed by atoms with Crippen molar-refractivity contribution in [1.29, 1.82) is 0 Å². The van der Waals surface area contributed by atoms with Crippen molar-refractivity contribution in [3.05, 3.63) is 28.8 Å². The Balaban J connectivity index is 2.23. The predicted octanol–water partition coefficient (Wildman–Crippen LogP) is 3.36. The highest BCUT2D eigenvalue weighted by molar-refractivity contribution is 6.31. The van der Waals surface area contributed by atoms with Crippen molar-refractivity contribution in [2.24, 2.45) is 0 Å². The molecule has 1 aliphatic carbocycles. The second-order valence-corrected chi connectivity index (χ2v) is 4.82. The topological polar surface area (TPSA) is 23.5 Å². The van der Waals surface area contributed by atoms with Crippen LogP contribution in [0.15, 0.2) is 18.2 Å². The van der Waals surface area contributed by atoms with Gasteiger partial charge in [0, 0.05) is 16.8 Å². The molecule has 0 atom stereocenters. The zero-order valence-corrected chi connectivity index (χ0v) is 10.3. The third-order valence-electron chi connectivity index (χ3n) is 2.88. The number of aliphatic hydroxyl groups excluding tert-OH is 1. The molecule has 2 rings (SSSR count). The summed E-state index contributed by atoms with van der Waals surface area (Å²) in [6, 6.07) is 4.56. The van der Waals surface area contributed by atoms with E-state index in [4.69, 9.17) is 16.7 Å². The molecule has 18 heavy (non-hydrogen) atoms. The molecule has 1 aliphatic rings. The highest BCUT2D eigenvalue weighted by atomic mass is 35.5. The molecule has 100 valence electrons. The van der Waals surface area contributed by atoms with Gasteiger partial charge >= 0.3 is 6.18 Å². The fraction of sp³-hybridized carbons (Fsp3) is 0.500. The number of hydrogen-bond donors (Lipinski definition) is 1. The van der Waals surface area contributed by atoms with Gasteiger partial charge < -0.3 is 10.0 Å². The molecule has 0 aromatic heterocycles. The maximum atomic E-state index is 12.5. The molecule has 0 amide bonds. The molecule has 1 saturated carbocycles. The van der Waals surface area contributed by atoms with Gasteiger partial charge in [-0.1, -0.05) is 17.7 Å². The van der Waals surface area contributed by atoms with Crippen molar-refractivity contribution in [3.63, 3.8) is 0 Å². The molecular formula is C12H13ClF3NO. The van der Waals surface area contributed by atoms with Crippen molar-refractivity contribution in [1.82, 2.24) is 0 Å². The van der Waals surface area contributed by atoms with E-state index in [-0.39, 0.29) is 12.6 Å². The lowest BCUT2D eigenvalue weighted by atomic mass is 10.2. The maximum Gasteiger partial charge on any atom is 0.405 e. The van der Waals surface area contributed by atoms with Gasteiger partial charge in [0.15, 0.2) is 0 Å². The van der Waals surface area contributed by atoms with E-state index in [1.165, 1.54) is 11.0 Å². The summed E-state index contributed by atoms with van der Waals surface area (Å²) in [5, 5.41) is 9.27. The molecule has 0 heterocycles. The van der Waals surface area contributed by atoms with Crippen LogP contribution in [0.4, 0.5) is 18.9 Å². The number of nitrogens with zero attached hydrogens (tertiary/aromatic N) is 1. The van der Waals surface area contributed by atoms with Crippen LogP contribution in [0.3, 0.4) is 0 Å². The van der Waals surface area contributed by atoms with E-state index in [1.54, 1.807) is 12.1 Å². The van der Waals surface area contributed by atoms with Crippen LogP contribution in [-0.4, -0.2) is 23.9 Å². The standard InChI is InChI=1S/C12H13ClF3NO/c13-11-5-10(2-1-8(11)6-18)17(9-3-4-9)7-12(14,15)16/h1-2,5,9,18H,3-4,6-7H2. The fourth-order valence-corrected chi connectivity index (χ4v) is 2.09. The minimum atomic E-state index is -4.23. The van der Waals surface area contributed by atoms with Gasteiger partial charge in [0.25, 0.3) is 0 Å². The highest BCUT2D eigenvalue weighted by Crippen LogP contribution is 2.35. The summed E-state index contributed by atoms with van der Waals surface area (Å²) in [5.74, 6) is 0. The Morgan fingerprint density at radius 2 is 2.00 bits per heavy atom. The minimum absolute atomic E-state index is 0.0531. The Morgan fingerprint density at radius 1 is 1.33 bits per heavy atom. The second kappa shape index (κ2) is 4.97. The van der Waals surface area contributed by atoms with Crippen LogP contribution in [0, 0.1) is 0 Å². The van der Waals surface area contributed by atoms with E-state index in [2.05, 4.69) is 0 Å². The van der Waals surface area contributed by atoms with Gasteiger partial charge in [-0.15, -0.1) is 0 Å². The molecule has 1 aromatic rings. The lowest BCUT2D eigenvalue weighted by Crippen LogP contribution is -2.35. The summed E-state index contributed by atoms with van der Waals surface area (Å²) in [6.45, 7) is -1.19. The fourth-order valence-electron chi connectivity index (χ4n) is 1.85. The average molecular weight is 280 g/mol. The third kappa shape index (κ3) is 3.29. The normalized spacial score (nSPS) is 15.8. The van der Waals surface area contributed by atoms with Crippen molar-refractivity contribution >= 4 is 17.3 Å². The van der Waals surface area contributed by atoms with Gasteiger partial charge in [-0.2, -0.15) is 13.2 Å². The van der Waals surface area contributed by atoms with Crippen molar-refractivity contribution in [2.45, 2.75) is 31.7 Å². The van der Waals surface area contributed by atoms with Crippen LogP contribution in [0.5, 0.6) is 0 Å². The molecule has 0 spiro atoms. The zero-order chi connectivity index (χ0) is 13.3. The third-order valence-corrected chi connectivity index (χ3v) is 3.23. The summed E-state index contributed by atoms with van der Waals surface area (Å²) >= 11 is 5.90. The molecule has 0 bridgehead atoms. The summed E-state index contributed by atoms with van der Waals surface area (Å²) in [4.78, 5) is 1.33. The monoisotopic (exact) mass is 279 g/mol. The Hall–Kier alpha value is -0.940. The maximum absolute atomic E-state index is 12.5. The predicted molar refractivity (Wildman–Crippen MR) is 63.8 cm³/mol. The van der Waals surface area contributed by atoms with Crippen LogP contribution < -0.4 is 4.90 Å². The van der Waals surface area contributed by atoms with Gasteiger partial charge in [-0.3, -0.25) is 0 Å². The molecule has 0 saturated heterocycles. The first-order valence-electron chi connectivity index (χ1n) is 5.63. The van der Waals surface area contributed by atoms with Gasteiger partial charge in [-0.05, 0) is 30.5 Å². The van der Waals surface area contributed by atoms with Gasteiger partial charge in [0.05, 0.1) is 6.61 Å². The molecule has 6 heteroatoms. The molecule has 1 fully saturated rings.